The number of ether oxygens (including phenoxy) is 1. The molecule has 1 N–H and O–H groups in total. The van der Waals surface area contributed by atoms with E-state index in [1.165, 1.54) is 4.90 Å². The summed E-state index contributed by atoms with van der Waals surface area (Å²) in [6, 6.07) is 0. The van der Waals surface area contributed by atoms with Crippen molar-refractivity contribution in [2.45, 2.75) is 46.3 Å². The van der Waals surface area contributed by atoms with Crippen LogP contribution in [0.5, 0.6) is 0 Å². The van der Waals surface area contributed by atoms with Crippen LogP contribution in [0.3, 0.4) is 0 Å². The molecule has 0 bridgehead atoms. The quantitative estimate of drug-likeness (QED) is 0.752. The molecule has 0 aliphatic carbocycles. The lowest BCUT2D eigenvalue weighted by Gasteiger charge is -2.28. The van der Waals surface area contributed by atoms with Gasteiger partial charge in [-0.15, -0.1) is 0 Å². The van der Waals surface area contributed by atoms with Crippen molar-refractivity contribution in [1.82, 2.24) is 4.90 Å². The molecule has 0 spiro atoms. The smallest absolute Gasteiger partial charge is 0.410 e. The standard InChI is InChI=1S/C12H23NO3/c1-9(2)7-13(8-10(3)14)11(15)16-12(4,5)6/h10,14H,1,7-8H2,2-6H3. The molecular formula is C12H23NO3. The lowest BCUT2D eigenvalue weighted by atomic mass is 10.2. The molecule has 4 nitrogen and oxygen atoms in total. The van der Waals surface area contributed by atoms with E-state index >= 15 is 0 Å². The summed E-state index contributed by atoms with van der Waals surface area (Å²) in [6.45, 7) is 13.3. The first-order valence-corrected chi connectivity index (χ1v) is 5.42. The molecule has 1 atom stereocenters. The minimum Gasteiger partial charge on any atom is -0.444 e. The van der Waals surface area contributed by atoms with E-state index in [0.29, 0.717) is 6.54 Å². The average Bonchev–Trinajstić information content (AvgIpc) is 1.97. The third kappa shape index (κ3) is 7.29. The highest BCUT2D eigenvalue weighted by Crippen LogP contribution is 2.11. The summed E-state index contributed by atoms with van der Waals surface area (Å²) in [6.07, 6.45) is -0.997. The van der Waals surface area contributed by atoms with E-state index in [0.717, 1.165) is 5.57 Å². The predicted octanol–water partition coefficient (Wildman–Crippen LogP) is 2.18. The predicted molar refractivity (Wildman–Crippen MR) is 64.3 cm³/mol. The van der Waals surface area contributed by atoms with E-state index in [1.807, 2.05) is 27.7 Å². The first-order valence-electron chi connectivity index (χ1n) is 5.42. The third-order valence-corrected chi connectivity index (χ3v) is 1.60. The highest BCUT2D eigenvalue weighted by molar-refractivity contribution is 5.68. The Morgan fingerprint density at radius 3 is 2.31 bits per heavy atom. The number of hydrogen-bond donors (Lipinski definition) is 1. The van der Waals surface area contributed by atoms with Gasteiger partial charge in [-0.05, 0) is 34.6 Å². The Morgan fingerprint density at radius 1 is 1.50 bits per heavy atom. The van der Waals surface area contributed by atoms with Crippen molar-refractivity contribution < 1.29 is 14.6 Å². The molecule has 0 saturated heterocycles. The molecule has 0 fully saturated rings. The zero-order valence-electron chi connectivity index (χ0n) is 10.9. The Morgan fingerprint density at radius 2 is 2.00 bits per heavy atom. The molecule has 0 aliphatic rings. The van der Waals surface area contributed by atoms with Crippen molar-refractivity contribution in [3.8, 4) is 0 Å². The van der Waals surface area contributed by atoms with Crippen LogP contribution >= 0.6 is 0 Å². The van der Waals surface area contributed by atoms with Gasteiger partial charge in [-0.3, -0.25) is 0 Å². The van der Waals surface area contributed by atoms with E-state index in [1.54, 1.807) is 6.92 Å². The third-order valence-electron chi connectivity index (χ3n) is 1.60. The maximum Gasteiger partial charge on any atom is 0.410 e. The van der Waals surface area contributed by atoms with Crippen LogP contribution < -0.4 is 0 Å². The van der Waals surface area contributed by atoms with Crippen molar-refractivity contribution in [3.05, 3.63) is 12.2 Å². The zero-order chi connectivity index (χ0) is 12.9. The van der Waals surface area contributed by atoms with Crippen LogP contribution in [0.15, 0.2) is 12.2 Å². The molecule has 0 aromatic carbocycles. The number of aliphatic hydroxyl groups is 1. The monoisotopic (exact) mass is 229 g/mol. The number of hydrogen-bond acceptors (Lipinski definition) is 3. The van der Waals surface area contributed by atoms with Crippen LogP contribution in [0, 0.1) is 0 Å². The molecule has 16 heavy (non-hydrogen) atoms. The molecule has 0 heterocycles. The molecule has 0 saturated carbocycles. The van der Waals surface area contributed by atoms with Crippen LogP contribution in [0.4, 0.5) is 4.79 Å². The fourth-order valence-electron chi connectivity index (χ4n) is 1.17. The van der Waals surface area contributed by atoms with Crippen LogP contribution in [-0.2, 0) is 4.74 Å². The number of rotatable bonds is 4. The largest absolute Gasteiger partial charge is 0.444 e. The van der Waals surface area contributed by atoms with Gasteiger partial charge in [-0.2, -0.15) is 0 Å². The van der Waals surface area contributed by atoms with Crippen LogP contribution in [0.2, 0.25) is 0 Å². The highest BCUT2D eigenvalue weighted by atomic mass is 16.6. The van der Waals surface area contributed by atoms with E-state index in [9.17, 15) is 9.90 Å². The molecule has 0 radical (unpaired) electrons. The molecule has 1 amide bonds. The Balaban J connectivity index is 4.49. The van der Waals surface area contributed by atoms with Crippen LogP contribution in [0.1, 0.15) is 34.6 Å². The normalized spacial score (nSPS) is 13.1. The van der Waals surface area contributed by atoms with E-state index in [-0.39, 0.29) is 6.54 Å². The van der Waals surface area contributed by atoms with Gasteiger partial charge in [-0.1, -0.05) is 12.2 Å². The van der Waals surface area contributed by atoms with Gasteiger partial charge in [0.25, 0.3) is 0 Å². The second-order valence-electron chi connectivity index (χ2n) is 5.17. The number of carbonyl (C=O) groups excluding carboxylic acids is 1. The molecule has 1 unspecified atom stereocenters. The number of amides is 1. The zero-order valence-corrected chi connectivity index (χ0v) is 10.9. The maximum atomic E-state index is 11.8. The molecule has 0 aliphatic heterocycles. The van der Waals surface area contributed by atoms with Crippen LogP contribution in [-0.4, -0.2) is 40.9 Å². The fraction of sp³-hybridized carbons (Fsp3) is 0.750. The average molecular weight is 229 g/mol. The van der Waals surface area contributed by atoms with Crippen molar-refractivity contribution in [1.29, 1.82) is 0 Å². The summed E-state index contributed by atoms with van der Waals surface area (Å²) in [4.78, 5) is 13.2. The summed E-state index contributed by atoms with van der Waals surface area (Å²) < 4.78 is 5.24. The summed E-state index contributed by atoms with van der Waals surface area (Å²) in [7, 11) is 0. The van der Waals surface area contributed by atoms with Gasteiger partial charge in [0.05, 0.1) is 6.10 Å². The van der Waals surface area contributed by atoms with Crippen molar-refractivity contribution in [2.75, 3.05) is 13.1 Å². The van der Waals surface area contributed by atoms with Gasteiger partial charge in [0.2, 0.25) is 0 Å². The Labute approximate surface area is 97.9 Å². The van der Waals surface area contributed by atoms with Crippen molar-refractivity contribution >= 4 is 6.09 Å². The summed E-state index contributed by atoms with van der Waals surface area (Å²) in [5.74, 6) is 0. The second kappa shape index (κ2) is 5.89. The fourth-order valence-corrected chi connectivity index (χ4v) is 1.17. The van der Waals surface area contributed by atoms with Gasteiger partial charge in [-0.25, -0.2) is 4.79 Å². The minimum absolute atomic E-state index is 0.252. The van der Waals surface area contributed by atoms with E-state index in [2.05, 4.69) is 6.58 Å². The maximum absolute atomic E-state index is 11.8. The highest BCUT2D eigenvalue weighted by Gasteiger charge is 2.22. The number of aliphatic hydroxyl groups excluding tert-OH is 1. The molecule has 0 aromatic heterocycles. The second-order valence-corrected chi connectivity index (χ2v) is 5.17. The van der Waals surface area contributed by atoms with Crippen molar-refractivity contribution in [2.24, 2.45) is 0 Å². The van der Waals surface area contributed by atoms with E-state index in [4.69, 9.17) is 4.74 Å². The van der Waals surface area contributed by atoms with Gasteiger partial charge in [0, 0.05) is 13.1 Å². The van der Waals surface area contributed by atoms with Gasteiger partial charge >= 0.3 is 6.09 Å². The van der Waals surface area contributed by atoms with E-state index < -0.39 is 17.8 Å². The summed E-state index contributed by atoms with van der Waals surface area (Å²) in [5.41, 5.74) is 0.329. The van der Waals surface area contributed by atoms with Gasteiger partial charge in [0.1, 0.15) is 5.60 Å². The lowest BCUT2D eigenvalue weighted by molar-refractivity contribution is 0.0183. The molecule has 4 heteroatoms. The topological polar surface area (TPSA) is 49.8 Å². The first-order chi connectivity index (χ1) is 7.11. The lowest BCUT2D eigenvalue weighted by Crippen LogP contribution is -2.41. The minimum atomic E-state index is -0.577. The summed E-state index contributed by atoms with van der Waals surface area (Å²) >= 11 is 0. The molecule has 0 rings (SSSR count). The van der Waals surface area contributed by atoms with Gasteiger partial charge < -0.3 is 14.7 Å². The Kier molecular flexibility index (Phi) is 5.51. The van der Waals surface area contributed by atoms with Crippen LogP contribution in [0.25, 0.3) is 0 Å². The first kappa shape index (κ1) is 15.0. The van der Waals surface area contributed by atoms with Gasteiger partial charge in [0.15, 0.2) is 0 Å². The molecule has 94 valence electrons. The Hall–Kier alpha value is -1.03. The number of nitrogens with zero attached hydrogens (tertiary/aromatic N) is 1. The number of carbonyl (C=O) groups is 1. The Bertz CT molecular complexity index is 253. The van der Waals surface area contributed by atoms with Crippen molar-refractivity contribution in [3.63, 3.8) is 0 Å². The molecule has 0 aromatic rings. The SMILES string of the molecule is C=C(C)CN(CC(C)O)C(=O)OC(C)(C)C. The molecular weight excluding hydrogens is 206 g/mol. The summed E-state index contributed by atoms with van der Waals surface area (Å²) in [5, 5.41) is 9.30.